The normalized spacial score (nSPS) is 11.8. The molecule has 0 aliphatic rings. The van der Waals surface area contributed by atoms with Crippen LogP contribution in [-0.2, 0) is 11.2 Å². The van der Waals surface area contributed by atoms with Gasteiger partial charge in [-0.1, -0.05) is 30.3 Å². The first-order valence-electron chi connectivity index (χ1n) is 7.54. The maximum absolute atomic E-state index is 12.3. The van der Waals surface area contributed by atoms with Crippen LogP contribution in [0, 0.1) is 0 Å². The van der Waals surface area contributed by atoms with Crippen LogP contribution in [0.25, 0.3) is 11.2 Å². The standard InChI is InChI=1S/C16H14N6O4/c17-16-21-12-11(14(24)22-16)18-7-10(19-12)13(23)20-9(15(25)26)6-8-4-2-1-3-5-8/h1-5,7,9H,6H2,(H,20,23)(H,25,26)(H3,17,19,21,22,24)/t9-/m1/s1. The molecule has 5 N–H and O–H groups in total. The Labute approximate surface area is 146 Å². The number of hydrogen-bond donors (Lipinski definition) is 4. The fourth-order valence-corrected chi connectivity index (χ4v) is 2.33. The Morgan fingerprint density at radius 1 is 1.23 bits per heavy atom. The molecule has 0 aliphatic heterocycles. The summed E-state index contributed by atoms with van der Waals surface area (Å²) < 4.78 is 0. The third-order valence-electron chi connectivity index (χ3n) is 3.56. The summed E-state index contributed by atoms with van der Waals surface area (Å²) in [5, 5.41) is 11.7. The molecule has 1 aromatic carbocycles. The summed E-state index contributed by atoms with van der Waals surface area (Å²) in [7, 11) is 0. The van der Waals surface area contributed by atoms with E-state index in [4.69, 9.17) is 5.73 Å². The molecule has 10 heteroatoms. The van der Waals surface area contributed by atoms with Crippen LogP contribution in [-0.4, -0.2) is 43.0 Å². The minimum Gasteiger partial charge on any atom is -0.480 e. The molecule has 1 amide bonds. The lowest BCUT2D eigenvalue weighted by atomic mass is 10.1. The van der Waals surface area contributed by atoms with Gasteiger partial charge in [0.2, 0.25) is 5.95 Å². The van der Waals surface area contributed by atoms with Gasteiger partial charge < -0.3 is 16.2 Å². The van der Waals surface area contributed by atoms with Gasteiger partial charge in [-0.2, -0.15) is 4.98 Å². The van der Waals surface area contributed by atoms with Gasteiger partial charge in [0.05, 0.1) is 6.20 Å². The van der Waals surface area contributed by atoms with Crippen molar-refractivity contribution < 1.29 is 14.7 Å². The third kappa shape index (κ3) is 3.64. The molecule has 132 valence electrons. The Morgan fingerprint density at radius 2 is 1.96 bits per heavy atom. The van der Waals surface area contributed by atoms with Crippen molar-refractivity contribution in [1.29, 1.82) is 0 Å². The van der Waals surface area contributed by atoms with Gasteiger partial charge in [-0.3, -0.25) is 14.6 Å². The van der Waals surface area contributed by atoms with Gasteiger partial charge in [0.1, 0.15) is 11.7 Å². The van der Waals surface area contributed by atoms with E-state index in [0.29, 0.717) is 0 Å². The number of carbonyl (C=O) groups excluding carboxylic acids is 1. The SMILES string of the molecule is Nc1nc2nc(C(=O)N[C@H](Cc3ccccc3)C(=O)O)cnc2c(=O)[nH]1. The van der Waals surface area contributed by atoms with Crippen LogP contribution < -0.4 is 16.6 Å². The minimum atomic E-state index is -1.19. The van der Waals surface area contributed by atoms with Gasteiger partial charge in [0.25, 0.3) is 11.5 Å². The smallest absolute Gasteiger partial charge is 0.326 e. The van der Waals surface area contributed by atoms with Crippen LogP contribution in [0.2, 0.25) is 0 Å². The highest BCUT2D eigenvalue weighted by molar-refractivity contribution is 5.95. The number of fused-ring (bicyclic) bond motifs is 1. The number of amides is 1. The van der Waals surface area contributed by atoms with Gasteiger partial charge >= 0.3 is 5.97 Å². The van der Waals surface area contributed by atoms with Crippen molar-refractivity contribution in [3.63, 3.8) is 0 Å². The van der Waals surface area contributed by atoms with E-state index in [1.165, 1.54) is 0 Å². The largest absolute Gasteiger partial charge is 0.480 e. The molecule has 0 saturated heterocycles. The lowest BCUT2D eigenvalue weighted by Crippen LogP contribution is -2.42. The predicted octanol–water partition coefficient (Wildman–Crippen LogP) is -0.279. The molecule has 3 rings (SSSR count). The molecular weight excluding hydrogens is 340 g/mol. The van der Waals surface area contributed by atoms with Crippen molar-refractivity contribution in [2.75, 3.05) is 5.73 Å². The van der Waals surface area contributed by atoms with E-state index in [-0.39, 0.29) is 29.2 Å². The first-order chi connectivity index (χ1) is 12.4. The molecule has 26 heavy (non-hydrogen) atoms. The van der Waals surface area contributed by atoms with Crippen molar-refractivity contribution in [2.45, 2.75) is 12.5 Å². The summed E-state index contributed by atoms with van der Waals surface area (Å²) in [6.07, 6.45) is 1.18. The van der Waals surface area contributed by atoms with E-state index in [2.05, 4.69) is 25.3 Å². The van der Waals surface area contributed by atoms with E-state index in [1.807, 2.05) is 6.07 Å². The number of carboxylic acid groups (broad SMARTS) is 1. The molecule has 10 nitrogen and oxygen atoms in total. The van der Waals surface area contributed by atoms with Crippen molar-refractivity contribution >= 4 is 29.0 Å². The van der Waals surface area contributed by atoms with Crippen LogP contribution in [0.1, 0.15) is 16.1 Å². The summed E-state index contributed by atoms with van der Waals surface area (Å²) in [6, 6.07) is 7.73. The number of benzene rings is 1. The van der Waals surface area contributed by atoms with E-state index in [9.17, 15) is 19.5 Å². The molecule has 0 spiro atoms. The first-order valence-corrected chi connectivity index (χ1v) is 7.54. The molecule has 2 heterocycles. The van der Waals surface area contributed by atoms with E-state index >= 15 is 0 Å². The Balaban J connectivity index is 1.84. The molecule has 0 unspecified atom stereocenters. The number of nitrogens with two attached hydrogens (primary N) is 1. The summed E-state index contributed by atoms with van der Waals surface area (Å²) in [5.41, 5.74) is 5.27. The Bertz CT molecular complexity index is 1030. The molecule has 0 fully saturated rings. The zero-order valence-electron chi connectivity index (χ0n) is 13.3. The molecule has 3 aromatic rings. The van der Waals surface area contributed by atoms with Crippen LogP contribution in [0.15, 0.2) is 41.3 Å². The van der Waals surface area contributed by atoms with Crippen molar-refractivity contribution in [3.8, 4) is 0 Å². The van der Waals surface area contributed by atoms with Crippen LogP contribution >= 0.6 is 0 Å². The zero-order chi connectivity index (χ0) is 18.7. The fraction of sp³-hybridized carbons (Fsp3) is 0.125. The maximum Gasteiger partial charge on any atom is 0.326 e. The third-order valence-corrected chi connectivity index (χ3v) is 3.56. The number of carbonyl (C=O) groups is 2. The van der Waals surface area contributed by atoms with E-state index < -0.39 is 23.5 Å². The summed E-state index contributed by atoms with van der Waals surface area (Å²) in [4.78, 5) is 49.3. The number of nitrogens with zero attached hydrogens (tertiary/aromatic N) is 3. The van der Waals surface area contributed by atoms with Gasteiger partial charge in [0, 0.05) is 6.42 Å². The Morgan fingerprint density at radius 3 is 2.65 bits per heavy atom. The number of aromatic amines is 1. The molecular formula is C16H14N6O4. The van der Waals surface area contributed by atoms with Crippen LogP contribution in [0.5, 0.6) is 0 Å². The van der Waals surface area contributed by atoms with Crippen molar-refractivity contribution in [1.82, 2.24) is 25.3 Å². The number of anilines is 1. The molecule has 0 bridgehead atoms. The molecule has 1 atom stereocenters. The highest BCUT2D eigenvalue weighted by atomic mass is 16.4. The monoisotopic (exact) mass is 354 g/mol. The maximum atomic E-state index is 12.3. The van der Waals surface area contributed by atoms with Crippen LogP contribution in [0.3, 0.4) is 0 Å². The van der Waals surface area contributed by atoms with Gasteiger partial charge in [-0.05, 0) is 5.56 Å². The number of aromatic nitrogens is 4. The molecule has 0 aliphatic carbocycles. The number of aliphatic carboxylic acids is 1. The summed E-state index contributed by atoms with van der Waals surface area (Å²) in [6.45, 7) is 0. The molecule has 2 aromatic heterocycles. The average molecular weight is 354 g/mol. The molecule has 0 saturated carbocycles. The van der Waals surface area contributed by atoms with Crippen molar-refractivity contribution in [3.05, 3.63) is 58.1 Å². The highest BCUT2D eigenvalue weighted by Crippen LogP contribution is 2.06. The quantitative estimate of drug-likeness (QED) is 0.486. The molecule has 0 radical (unpaired) electrons. The minimum absolute atomic E-state index is 0.0742. The summed E-state index contributed by atoms with van der Waals surface area (Å²) in [5.74, 6) is -2.10. The number of carboxylic acids is 1. The number of nitrogens with one attached hydrogen (secondary N) is 2. The average Bonchev–Trinajstić information content (AvgIpc) is 2.61. The first kappa shape index (κ1) is 17.0. The zero-order valence-corrected chi connectivity index (χ0v) is 13.3. The number of nitrogen functional groups attached to an aromatic ring is 1. The highest BCUT2D eigenvalue weighted by Gasteiger charge is 2.22. The number of rotatable bonds is 5. The van der Waals surface area contributed by atoms with Crippen molar-refractivity contribution in [2.24, 2.45) is 0 Å². The van der Waals surface area contributed by atoms with Gasteiger partial charge in [0.15, 0.2) is 11.2 Å². The topological polar surface area (TPSA) is 164 Å². The Kier molecular flexibility index (Phi) is 4.56. The van der Waals surface area contributed by atoms with Crippen LogP contribution in [0.4, 0.5) is 5.95 Å². The van der Waals surface area contributed by atoms with Gasteiger partial charge in [-0.25, -0.2) is 14.8 Å². The second-order valence-electron chi connectivity index (χ2n) is 5.43. The fourth-order valence-electron chi connectivity index (χ4n) is 2.33. The van der Waals surface area contributed by atoms with E-state index in [0.717, 1.165) is 11.8 Å². The lowest BCUT2D eigenvalue weighted by molar-refractivity contribution is -0.139. The van der Waals surface area contributed by atoms with E-state index in [1.54, 1.807) is 24.3 Å². The second kappa shape index (κ2) is 6.97. The number of H-pyrrole nitrogens is 1. The predicted molar refractivity (Wildman–Crippen MR) is 91.4 cm³/mol. The Hall–Kier alpha value is -3.82. The lowest BCUT2D eigenvalue weighted by Gasteiger charge is -2.14. The summed E-state index contributed by atoms with van der Waals surface area (Å²) >= 11 is 0. The van der Waals surface area contributed by atoms with Gasteiger partial charge in [-0.15, -0.1) is 0 Å². The number of hydrogen-bond acceptors (Lipinski definition) is 7. The second-order valence-corrected chi connectivity index (χ2v) is 5.43.